The van der Waals surface area contributed by atoms with Gasteiger partial charge >= 0.3 is 5.69 Å². The van der Waals surface area contributed by atoms with Crippen molar-refractivity contribution in [1.29, 1.82) is 0 Å². The summed E-state index contributed by atoms with van der Waals surface area (Å²) in [4.78, 5) is 22.5. The van der Waals surface area contributed by atoms with Gasteiger partial charge < -0.3 is 10.1 Å². The minimum absolute atomic E-state index is 0.146. The van der Waals surface area contributed by atoms with Crippen LogP contribution in [0, 0.1) is 0 Å². The summed E-state index contributed by atoms with van der Waals surface area (Å²) >= 11 is 0. The topological polar surface area (TPSA) is 74.0 Å². The Labute approximate surface area is 167 Å². The molecule has 0 spiro atoms. The molecule has 29 heavy (non-hydrogen) atoms. The molecule has 2 heterocycles. The first-order valence-corrected chi connectivity index (χ1v) is 9.66. The zero-order valence-electron chi connectivity index (χ0n) is 16.1. The molecule has 1 saturated carbocycles. The van der Waals surface area contributed by atoms with Crippen LogP contribution < -0.4 is 15.7 Å². The van der Waals surface area contributed by atoms with E-state index in [0.29, 0.717) is 29.7 Å². The molecule has 2 aromatic heterocycles. The van der Waals surface area contributed by atoms with Crippen LogP contribution in [-0.4, -0.2) is 32.3 Å². The molecule has 5 rings (SSSR count). The number of ether oxygens (including phenoxy) is 1. The maximum absolute atomic E-state index is 13.4. The van der Waals surface area contributed by atoms with Crippen LogP contribution >= 0.6 is 0 Å². The lowest BCUT2D eigenvalue weighted by molar-refractivity contribution is 0.414. The summed E-state index contributed by atoms with van der Waals surface area (Å²) in [5.41, 5.74) is 2.93. The number of aromatic nitrogens is 4. The fourth-order valence-corrected chi connectivity index (χ4v) is 3.40. The Morgan fingerprint density at radius 2 is 1.86 bits per heavy atom. The van der Waals surface area contributed by atoms with E-state index in [-0.39, 0.29) is 5.69 Å². The number of rotatable bonds is 6. The largest absolute Gasteiger partial charge is 0.497 e. The molecule has 0 radical (unpaired) electrons. The average Bonchev–Trinajstić information content (AvgIpc) is 3.53. The van der Waals surface area contributed by atoms with Gasteiger partial charge in [0.15, 0.2) is 5.65 Å². The van der Waals surface area contributed by atoms with Gasteiger partial charge in [0.05, 0.1) is 25.5 Å². The Kier molecular flexibility index (Phi) is 4.27. The first kappa shape index (κ1) is 17.5. The predicted octanol–water partition coefficient (Wildman–Crippen LogP) is 3.21. The highest BCUT2D eigenvalue weighted by Gasteiger charge is 2.23. The van der Waals surface area contributed by atoms with E-state index in [0.717, 1.165) is 29.8 Å². The molecule has 0 aliphatic heterocycles. The maximum atomic E-state index is 13.4. The van der Waals surface area contributed by atoms with E-state index in [2.05, 4.69) is 15.3 Å². The van der Waals surface area contributed by atoms with Gasteiger partial charge in [-0.2, -0.15) is 4.98 Å². The second-order valence-electron chi connectivity index (χ2n) is 7.21. The zero-order valence-corrected chi connectivity index (χ0v) is 16.1. The molecule has 146 valence electrons. The molecular formula is C22H21N5O2. The fraction of sp³-hybridized carbons (Fsp3) is 0.227. The summed E-state index contributed by atoms with van der Waals surface area (Å²) in [6.07, 6.45) is 3.99. The summed E-state index contributed by atoms with van der Waals surface area (Å²) in [6, 6.07) is 17.8. The van der Waals surface area contributed by atoms with E-state index in [1.54, 1.807) is 22.4 Å². The maximum Gasteiger partial charge on any atom is 0.335 e. The number of fused-ring (bicyclic) bond motifs is 1. The van der Waals surface area contributed by atoms with Crippen molar-refractivity contribution >= 4 is 17.1 Å². The summed E-state index contributed by atoms with van der Waals surface area (Å²) in [5.74, 6) is 1.29. The molecule has 0 atom stereocenters. The third-order valence-electron chi connectivity index (χ3n) is 5.10. The third kappa shape index (κ3) is 3.35. The Bertz CT molecular complexity index is 1210. The van der Waals surface area contributed by atoms with Gasteiger partial charge in [-0.25, -0.2) is 14.3 Å². The number of hydrogen-bond acceptors (Lipinski definition) is 5. The Balaban J connectivity index is 1.67. The second kappa shape index (κ2) is 7.09. The molecule has 1 aliphatic rings. The Hall–Kier alpha value is -3.61. The van der Waals surface area contributed by atoms with Crippen LogP contribution in [0.1, 0.15) is 18.4 Å². The van der Waals surface area contributed by atoms with Gasteiger partial charge in [-0.3, -0.25) is 4.57 Å². The zero-order chi connectivity index (χ0) is 19.8. The number of imidazole rings is 1. The van der Waals surface area contributed by atoms with Gasteiger partial charge in [0.25, 0.3) is 0 Å². The van der Waals surface area contributed by atoms with Gasteiger partial charge in [0.1, 0.15) is 11.3 Å². The van der Waals surface area contributed by atoms with Crippen LogP contribution in [-0.2, 0) is 6.54 Å². The average molecular weight is 387 g/mol. The Morgan fingerprint density at radius 3 is 2.55 bits per heavy atom. The number of hydrogen-bond donors (Lipinski definition) is 1. The van der Waals surface area contributed by atoms with Crippen molar-refractivity contribution in [1.82, 2.24) is 19.1 Å². The summed E-state index contributed by atoms with van der Waals surface area (Å²) in [5, 5.41) is 3.32. The molecule has 2 aromatic carbocycles. The van der Waals surface area contributed by atoms with E-state index >= 15 is 0 Å². The summed E-state index contributed by atoms with van der Waals surface area (Å²) in [7, 11) is 1.62. The second-order valence-corrected chi connectivity index (χ2v) is 7.21. The van der Waals surface area contributed by atoms with Gasteiger partial charge in [0, 0.05) is 6.04 Å². The minimum atomic E-state index is -0.146. The molecule has 1 N–H and O–H groups in total. The molecule has 0 unspecified atom stereocenters. The van der Waals surface area contributed by atoms with Crippen molar-refractivity contribution < 1.29 is 4.74 Å². The van der Waals surface area contributed by atoms with Gasteiger partial charge in [0.2, 0.25) is 5.95 Å². The van der Waals surface area contributed by atoms with Crippen LogP contribution in [0.5, 0.6) is 5.75 Å². The van der Waals surface area contributed by atoms with Crippen molar-refractivity contribution in [2.45, 2.75) is 25.4 Å². The molecular weight excluding hydrogens is 366 g/mol. The van der Waals surface area contributed by atoms with E-state index in [4.69, 9.17) is 4.74 Å². The predicted molar refractivity (Wildman–Crippen MR) is 112 cm³/mol. The number of benzene rings is 2. The number of anilines is 1. The van der Waals surface area contributed by atoms with Gasteiger partial charge in [-0.1, -0.05) is 30.3 Å². The normalized spacial score (nSPS) is 13.6. The van der Waals surface area contributed by atoms with Crippen molar-refractivity contribution in [3.8, 4) is 11.4 Å². The number of methoxy groups -OCH3 is 1. The van der Waals surface area contributed by atoms with Crippen LogP contribution in [0.4, 0.5) is 5.95 Å². The molecule has 7 heteroatoms. The molecule has 0 bridgehead atoms. The highest BCUT2D eigenvalue weighted by atomic mass is 16.5. The SMILES string of the molecule is COc1ccc(-n2c(=O)n(Cc3ccccc3)c3cnc(NC4CC4)nc32)cc1. The van der Waals surface area contributed by atoms with Crippen molar-refractivity contribution in [2.75, 3.05) is 12.4 Å². The fourth-order valence-electron chi connectivity index (χ4n) is 3.40. The molecule has 7 nitrogen and oxygen atoms in total. The van der Waals surface area contributed by atoms with E-state index in [1.165, 1.54) is 0 Å². The summed E-state index contributed by atoms with van der Waals surface area (Å²) < 4.78 is 8.60. The van der Waals surface area contributed by atoms with E-state index in [9.17, 15) is 4.79 Å². The Morgan fingerprint density at radius 1 is 1.10 bits per heavy atom. The highest BCUT2D eigenvalue weighted by Crippen LogP contribution is 2.25. The van der Waals surface area contributed by atoms with Crippen LogP contribution in [0.25, 0.3) is 16.9 Å². The lowest BCUT2D eigenvalue weighted by Crippen LogP contribution is -2.23. The first-order chi connectivity index (χ1) is 14.2. The van der Waals surface area contributed by atoms with Crippen LogP contribution in [0.3, 0.4) is 0 Å². The smallest absolute Gasteiger partial charge is 0.335 e. The van der Waals surface area contributed by atoms with E-state index in [1.807, 2.05) is 54.6 Å². The van der Waals surface area contributed by atoms with Crippen LogP contribution in [0.15, 0.2) is 65.6 Å². The van der Waals surface area contributed by atoms with Crippen LogP contribution in [0.2, 0.25) is 0 Å². The highest BCUT2D eigenvalue weighted by molar-refractivity contribution is 5.74. The summed E-state index contributed by atoms with van der Waals surface area (Å²) in [6.45, 7) is 0.456. The molecule has 1 fully saturated rings. The lowest BCUT2D eigenvalue weighted by Gasteiger charge is -2.06. The lowest BCUT2D eigenvalue weighted by atomic mass is 10.2. The number of nitrogens with zero attached hydrogens (tertiary/aromatic N) is 4. The van der Waals surface area contributed by atoms with Crippen molar-refractivity contribution in [2.24, 2.45) is 0 Å². The van der Waals surface area contributed by atoms with E-state index < -0.39 is 0 Å². The quantitative estimate of drug-likeness (QED) is 0.550. The minimum Gasteiger partial charge on any atom is -0.497 e. The molecule has 4 aromatic rings. The monoisotopic (exact) mass is 387 g/mol. The standard InChI is InChI=1S/C22H21N5O2/c1-29-18-11-9-17(10-12-18)27-20-19(13-23-21(25-20)24-16-7-8-16)26(22(27)28)14-15-5-3-2-4-6-15/h2-6,9-13,16H,7-8,14H2,1H3,(H,23,24,25). The van der Waals surface area contributed by atoms with Gasteiger partial charge in [-0.15, -0.1) is 0 Å². The third-order valence-corrected chi connectivity index (χ3v) is 5.10. The van der Waals surface area contributed by atoms with Gasteiger partial charge in [-0.05, 0) is 42.7 Å². The first-order valence-electron chi connectivity index (χ1n) is 9.66. The molecule has 1 aliphatic carbocycles. The van der Waals surface area contributed by atoms with Crippen molar-refractivity contribution in [3.05, 3.63) is 76.8 Å². The number of nitrogens with one attached hydrogen (secondary N) is 1. The molecule has 0 amide bonds. The van der Waals surface area contributed by atoms with Crippen molar-refractivity contribution in [3.63, 3.8) is 0 Å². The molecule has 0 saturated heterocycles.